The van der Waals surface area contributed by atoms with E-state index in [9.17, 15) is 22.8 Å². The van der Waals surface area contributed by atoms with Crippen LogP contribution < -0.4 is 10.2 Å². The molecule has 12 heteroatoms. The first-order valence-electron chi connectivity index (χ1n) is 13.2. The molecule has 0 radical (unpaired) electrons. The lowest BCUT2D eigenvalue weighted by atomic mass is 9.94. The Hall–Kier alpha value is -3.70. The van der Waals surface area contributed by atoms with Crippen molar-refractivity contribution in [2.45, 2.75) is 84.1 Å². The molecule has 1 atom stereocenters. The summed E-state index contributed by atoms with van der Waals surface area (Å²) in [6.07, 6.45) is 0.0289. The quantitative estimate of drug-likeness (QED) is 0.398. The van der Waals surface area contributed by atoms with Crippen molar-refractivity contribution in [3.63, 3.8) is 0 Å². The van der Waals surface area contributed by atoms with E-state index in [-0.39, 0.29) is 29.9 Å². The van der Waals surface area contributed by atoms with E-state index in [0.29, 0.717) is 11.5 Å². The number of nitrogens with one attached hydrogen (secondary N) is 1. The lowest BCUT2D eigenvalue weighted by Crippen LogP contribution is -2.54. The highest BCUT2D eigenvalue weighted by Gasteiger charge is 2.40. The maximum atomic E-state index is 14.1. The zero-order valence-corrected chi connectivity index (χ0v) is 22.2. The van der Waals surface area contributed by atoms with Crippen molar-refractivity contribution in [1.82, 2.24) is 25.5 Å². The zero-order chi connectivity index (χ0) is 28.2. The lowest BCUT2D eigenvalue weighted by molar-refractivity contribution is -0.137. The predicted molar refractivity (Wildman–Crippen MR) is 137 cm³/mol. The molecule has 9 nitrogen and oxygen atoms in total. The molecule has 39 heavy (non-hydrogen) atoms. The monoisotopic (exact) mass is 546 g/mol. The van der Waals surface area contributed by atoms with Crippen molar-refractivity contribution in [3.05, 3.63) is 47.7 Å². The fourth-order valence-electron chi connectivity index (χ4n) is 4.88. The van der Waals surface area contributed by atoms with Crippen LogP contribution in [0.5, 0.6) is 0 Å². The van der Waals surface area contributed by atoms with Gasteiger partial charge in [-0.25, -0.2) is 0 Å². The first-order chi connectivity index (χ1) is 18.5. The first kappa shape index (κ1) is 28.3. The van der Waals surface area contributed by atoms with Gasteiger partial charge in [0.15, 0.2) is 5.76 Å². The Bertz CT molecular complexity index is 1280. The summed E-state index contributed by atoms with van der Waals surface area (Å²) in [5.74, 6) is -0.219. The van der Waals surface area contributed by atoms with E-state index >= 15 is 0 Å². The molecule has 2 aromatic heterocycles. The molecule has 210 valence electrons. The number of amides is 2. The number of hydrogen-bond donors (Lipinski definition) is 1. The summed E-state index contributed by atoms with van der Waals surface area (Å²) in [6.45, 7) is 4.94. The number of para-hydroxylation sites is 1. The topological polar surface area (TPSA) is 106 Å². The second-order valence-electron chi connectivity index (χ2n) is 10.3. The van der Waals surface area contributed by atoms with Crippen LogP contribution in [0, 0.1) is 12.8 Å². The average Bonchev–Trinajstić information content (AvgIpc) is 3.52. The van der Waals surface area contributed by atoms with Crippen molar-refractivity contribution in [2.24, 2.45) is 5.92 Å². The summed E-state index contributed by atoms with van der Waals surface area (Å²) >= 11 is 0. The minimum atomic E-state index is -4.74. The van der Waals surface area contributed by atoms with Crippen molar-refractivity contribution in [1.29, 1.82) is 0 Å². The molecule has 0 saturated heterocycles. The van der Waals surface area contributed by atoms with Gasteiger partial charge in [-0.1, -0.05) is 45.2 Å². The highest BCUT2D eigenvalue weighted by Crippen LogP contribution is 2.38. The molecule has 1 aliphatic carbocycles. The average molecular weight is 547 g/mol. The number of hydrogen-bond acceptors (Lipinski definition) is 6. The van der Waals surface area contributed by atoms with E-state index < -0.39 is 36.1 Å². The van der Waals surface area contributed by atoms with E-state index in [2.05, 4.69) is 20.7 Å². The van der Waals surface area contributed by atoms with Gasteiger partial charge < -0.3 is 9.73 Å². The van der Waals surface area contributed by atoms with Gasteiger partial charge in [-0.05, 0) is 61.6 Å². The van der Waals surface area contributed by atoms with Crippen LogP contribution in [-0.4, -0.2) is 44.1 Å². The van der Waals surface area contributed by atoms with Crippen LogP contribution >= 0.6 is 0 Å². The number of halogens is 3. The number of alkyl halides is 3. The van der Waals surface area contributed by atoms with E-state index in [1.165, 1.54) is 18.2 Å². The van der Waals surface area contributed by atoms with Crippen molar-refractivity contribution < 1.29 is 27.2 Å². The van der Waals surface area contributed by atoms with Crippen LogP contribution in [0.25, 0.3) is 11.6 Å². The number of carbonyl (C=O) groups is 2. The van der Waals surface area contributed by atoms with Crippen molar-refractivity contribution in [3.8, 4) is 11.6 Å². The molecular formula is C27H33F3N6O3. The first-order valence-corrected chi connectivity index (χ1v) is 13.2. The third kappa shape index (κ3) is 7.04. The number of benzene rings is 1. The number of anilines is 1. The fourth-order valence-corrected chi connectivity index (χ4v) is 4.88. The number of rotatable bonds is 9. The van der Waals surface area contributed by atoms with Gasteiger partial charge >= 0.3 is 6.18 Å². The smallest absolute Gasteiger partial charge is 0.418 e. The number of furan rings is 1. The standard InChI is InChI=1S/C27H33F3N6O3/c1-17(2)15-22(26(38)31-19-9-5-4-6-10-19)36(21-12-8-7-11-20(21)27(28,29)30)24(37)16-35-33-25(32-34-35)23-14-13-18(3)39-23/h7-8,11-14,17,19,22H,4-6,9-10,15-16H2,1-3H3,(H,31,38). The molecule has 1 saturated carbocycles. The minimum Gasteiger partial charge on any atom is -0.458 e. The zero-order valence-electron chi connectivity index (χ0n) is 22.2. The van der Waals surface area contributed by atoms with E-state index in [4.69, 9.17) is 4.42 Å². The summed E-state index contributed by atoms with van der Waals surface area (Å²) in [6, 6.07) is 6.93. The van der Waals surface area contributed by atoms with Gasteiger partial charge in [0.1, 0.15) is 18.3 Å². The van der Waals surface area contributed by atoms with E-state index in [1.807, 2.05) is 13.8 Å². The number of aromatic nitrogens is 4. The summed E-state index contributed by atoms with van der Waals surface area (Å²) in [5.41, 5.74) is -1.39. The Labute approximate surface area is 224 Å². The van der Waals surface area contributed by atoms with Gasteiger partial charge in [-0.15, -0.1) is 10.2 Å². The van der Waals surface area contributed by atoms with Crippen LogP contribution in [-0.2, 0) is 22.3 Å². The summed E-state index contributed by atoms with van der Waals surface area (Å²) < 4.78 is 47.8. The summed E-state index contributed by atoms with van der Waals surface area (Å²) in [5, 5.41) is 15.0. The number of carbonyl (C=O) groups excluding carboxylic acids is 2. The Balaban J connectivity index is 1.70. The van der Waals surface area contributed by atoms with Crippen LogP contribution in [0.2, 0.25) is 0 Å². The second-order valence-corrected chi connectivity index (χ2v) is 10.3. The normalized spacial score (nSPS) is 15.4. The molecule has 1 N–H and O–H groups in total. The second kappa shape index (κ2) is 12.0. The molecule has 2 heterocycles. The van der Waals surface area contributed by atoms with Gasteiger partial charge in [-0.3, -0.25) is 14.5 Å². The predicted octanol–water partition coefficient (Wildman–Crippen LogP) is 5.16. The summed E-state index contributed by atoms with van der Waals surface area (Å²) in [4.78, 5) is 29.4. The molecule has 2 amide bonds. The van der Waals surface area contributed by atoms with E-state index in [0.717, 1.165) is 47.9 Å². The molecule has 4 rings (SSSR count). The highest BCUT2D eigenvalue weighted by atomic mass is 19.4. The minimum absolute atomic E-state index is 0.0768. The molecular weight excluding hydrogens is 513 g/mol. The van der Waals surface area contributed by atoms with Crippen molar-refractivity contribution in [2.75, 3.05) is 4.90 Å². The van der Waals surface area contributed by atoms with Gasteiger partial charge in [0, 0.05) is 6.04 Å². The Kier molecular flexibility index (Phi) is 8.71. The largest absolute Gasteiger partial charge is 0.458 e. The van der Waals surface area contributed by atoms with Gasteiger partial charge in [0.25, 0.3) is 5.91 Å². The molecule has 3 aromatic rings. The fraction of sp³-hybridized carbons (Fsp3) is 0.519. The number of nitrogens with zero attached hydrogens (tertiary/aromatic N) is 5. The number of tetrazole rings is 1. The molecule has 1 aromatic carbocycles. The van der Waals surface area contributed by atoms with Gasteiger partial charge in [0.2, 0.25) is 11.7 Å². The van der Waals surface area contributed by atoms with Crippen LogP contribution in [0.15, 0.2) is 40.8 Å². The Morgan fingerprint density at radius 2 is 1.85 bits per heavy atom. The van der Waals surface area contributed by atoms with Crippen LogP contribution in [0.1, 0.15) is 63.7 Å². The Morgan fingerprint density at radius 1 is 1.13 bits per heavy atom. The summed E-state index contributed by atoms with van der Waals surface area (Å²) in [7, 11) is 0. The molecule has 0 bridgehead atoms. The van der Waals surface area contributed by atoms with E-state index in [1.54, 1.807) is 19.1 Å². The SMILES string of the molecule is Cc1ccc(-c2nnn(CC(=O)N(c3ccccc3C(F)(F)F)C(CC(C)C)C(=O)NC3CCCCC3)n2)o1. The van der Waals surface area contributed by atoms with Crippen LogP contribution in [0.4, 0.5) is 18.9 Å². The molecule has 1 fully saturated rings. The maximum absolute atomic E-state index is 14.1. The lowest BCUT2D eigenvalue weighted by Gasteiger charge is -2.35. The molecule has 0 spiro atoms. The highest BCUT2D eigenvalue weighted by molar-refractivity contribution is 6.01. The third-order valence-electron chi connectivity index (χ3n) is 6.69. The third-order valence-corrected chi connectivity index (χ3v) is 6.69. The van der Waals surface area contributed by atoms with Gasteiger partial charge in [-0.2, -0.15) is 18.0 Å². The molecule has 0 aliphatic heterocycles. The molecule has 1 unspecified atom stereocenters. The van der Waals surface area contributed by atoms with Gasteiger partial charge in [0.05, 0.1) is 11.3 Å². The van der Waals surface area contributed by atoms with Crippen molar-refractivity contribution >= 4 is 17.5 Å². The Morgan fingerprint density at radius 3 is 2.49 bits per heavy atom. The maximum Gasteiger partial charge on any atom is 0.418 e. The number of aryl methyl sites for hydroxylation is 1. The van der Waals surface area contributed by atoms with Crippen LogP contribution in [0.3, 0.4) is 0 Å². The molecule has 1 aliphatic rings.